The van der Waals surface area contributed by atoms with Crippen LogP contribution < -0.4 is 10.6 Å². The molecule has 0 saturated heterocycles. The summed E-state index contributed by atoms with van der Waals surface area (Å²) >= 11 is 0. The monoisotopic (exact) mass is 441 g/mol. The van der Waals surface area contributed by atoms with Gasteiger partial charge in [0.25, 0.3) is 5.91 Å². The number of nitrogens with one attached hydrogen (secondary N) is 2. The summed E-state index contributed by atoms with van der Waals surface area (Å²) in [6.07, 6.45) is 0.134. The smallest absolute Gasteiger partial charge is 0.407 e. The van der Waals surface area contributed by atoms with Gasteiger partial charge < -0.3 is 15.4 Å². The number of alkyl carbamates (subject to hydrolysis) is 1. The molecule has 0 radical (unpaired) electrons. The summed E-state index contributed by atoms with van der Waals surface area (Å²) in [5.41, 5.74) is 0.965. The highest BCUT2D eigenvalue weighted by molar-refractivity contribution is 7.89. The third kappa shape index (κ3) is 7.28. The first-order chi connectivity index (χ1) is 14.1. The van der Waals surface area contributed by atoms with Gasteiger partial charge in [-0.2, -0.15) is 4.31 Å². The van der Waals surface area contributed by atoms with Gasteiger partial charge in [-0.3, -0.25) is 4.79 Å². The Bertz CT molecular complexity index is 820. The maximum atomic E-state index is 12.8. The number of hydrogen-bond donors (Lipinski definition) is 2. The fraction of sp³-hybridized carbons (Fsp3) is 0.619. The molecule has 0 spiro atoms. The van der Waals surface area contributed by atoms with Crippen molar-refractivity contribution in [1.82, 2.24) is 14.9 Å². The number of amides is 2. The van der Waals surface area contributed by atoms with Crippen LogP contribution in [-0.2, 0) is 14.8 Å². The molecule has 8 nitrogen and oxygen atoms in total. The molecule has 0 aromatic heterocycles. The van der Waals surface area contributed by atoms with E-state index in [4.69, 9.17) is 4.74 Å². The Labute approximate surface area is 180 Å². The molecule has 0 bridgehead atoms. The summed E-state index contributed by atoms with van der Waals surface area (Å²) in [4.78, 5) is 24.6. The summed E-state index contributed by atoms with van der Waals surface area (Å²) in [5.74, 6) is -0.0818. The molecule has 2 amide bonds. The molecule has 1 aromatic rings. The summed E-state index contributed by atoms with van der Waals surface area (Å²) < 4.78 is 31.8. The lowest BCUT2D eigenvalue weighted by Crippen LogP contribution is -2.44. The van der Waals surface area contributed by atoms with Crippen molar-refractivity contribution in [3.63, 3.8) is 0 Å². The predicted molar refractivity (Wildman–Crippen MR) is 117 cm³/mol. The quantitative estimate of drug-likeness (QED) is 0.549. The molecule has 0 aliphatic heterocycles. The van der Waals surface area contributed by atoms with E-state index in [9.17, 15) is 18.0 Å². The van der Waals surface area contributed by atoms with Gasteiger partial charge in [-0.25, -0.2) is 13.2 Å². The molecule has 0 fully saturated rings. The number of sulfonamides is 1. The molecule has 0 aliphatic rings. The van der Waals surface area contributed by atoms with Crippen molar-refractivity contribution in [2.75, 3.05) is 26.2 Å². The minimum absolute atomic E-state index is 0.0883. The average molecular weight is 442 g/mol. The molecule has 1 aromatic carbocycles. The molecule has 1 atom stereocenters. The number of rotatable bonds is 11. The van der Waals surface area contributed by atoms with Crippen molar-refractivity contribution < 1.29 is 22.7 Å². The zero-order chi connectivity index (χ0) is 22.9. The van der Waals surface area contributed by atoms with E-state index in [1.54, 1.807) is 33.8 Å². The van der Waals surface area contributed by atoms with Crippen molar-refractivity contribution in [1.29, 1.82) is 0 Å². The zero-order valence-corrected chi connectivity index (χ0v) is 19.6. The van der Waals surface area contributed by atoms with Gasteiger partial charge in [0.05, 0.1) is 11.5 Å². The fourth-order valence-electron chi connectivity index (χ4n) is 3.13. The molecule has 1 unspecified atom stereocenters. The minimum Gasteiger partial charge on any atom is -0.450 e. The number of carbonyl (C=O) groups excluding carboxylic acids is 2. The standard InChI is InChI=1S/C21H35N3O5S/c1-7-24(8-2)30(27,28)18-11-10-16(6)19(13-18)20(25)22-14-17(12-15(4)5)23-21(26)29-9-3/h10-11,13,15,17H,7-9,12,14H2,1-6H3,(H,22,25)(H,23,26). The second-order valence-electron chi connectivity index (χ2n) is 7.47. The summed E-state index contributed by atoms with van der Waals surface area (Å²) in [7, 11) is -3.66. The van der Waals surface area contributed by atoms with Crippen LogP contribution in [0.25, 0.3) is 0 Å². The number of benzene rings is 1. The Morgan fingerprint density at radius 1 is 1.13 bits per heavy atom. The third-order valence-electron chi connectivity index (χ3n) is 4.66. The Hall–Kier alpha value is -2.13. The van der Waals surface area contributed by atoms with Crippen LogP contribution in [0.3, 0.4) is 0 Å². The number of nitrogens with zero attached hydrogens (tertiary/aromatic N) is 1. The topological polar surface area (TPSA) is 105 Å². The van der Waals surface area contributed by atoms with Gasteiger partial charge in [0.2, 0.25) is 10.0 Å². The van der Waals surface area contributed by atoms with Gasteiger partial charge in [-0.15, -0.1) is 0 Å². The van der Waals surface area contributed by atoms with Crippen LogP contribution >= 0.6 is 0 Å². The number of ether oxygens (including phenoxy) is 1. The van der Waals surface area contributed by atoms with E-state index in [-0.39, 0.29) is 30.0 Å². The van der Waals surface area contributed by atoms with Crippen molar-refractivity contribution in [3.8, 4) is 0 Å². The first-order valence-electron chi connectivity index (χ1n) is 10.4. The normalized spacial score (nSPS) is 12.7. The van der Waals surface area contributed by atoms with E-state index in [0.717, 1.165) is 0 Å². The first-order valence-corrected chi connectivity index (χ1v) is 11.8. The van der Waals surface area contributed by atoms with Gasteiger partial charge in [-0.05, 0) is 43.9 Å². The van der Waals surface area contributed by atoms with E-state index in [1.165, 1.54) is 16.4 Å². The number of carbonyl (C=O) groups is 2. The van der Waals surface area contributed by atoms with Gasteiger partial charge in [0.1, 0.15) is 0 Å². The van der Waals surface area contributed by atoms with Crippen LogP contribution in [0.5, 0.6) is 0 Å². The second-order valence-corrected chi connectivity index (χ2v) is 9.41. The van der Waals surface area contributed by atoms with E-state index in [1.807, 2.05) is 13.8 Å². The van der Waals surface area contributed by atoms with Crippen LogP contribution in [0, 0.1) is 12.8 Å². The highest BCUT2D eigenvalue weighted by atomic mass is 32.2. The van der Waals surface area contributed by atoms with Crippen LogP contribution in [0.4, 0.5) is 4.79 Å². The Morgan fingerprint density at radius 3 is 2.30 bits per heavy atom. The second kappa shape index (κ2) is 11.9. The molecule has 1 rings (SSSR count). The van der Waals surface area contributed by atoms with E-state index < -0.39 is 16.1 Å². The van der Waals surface area contributed by atoms with Crippen molar-refractivity contribution in [2.24, 2.45) is 5.92 Å². The molecule has 9 heteroatoms. The van der Waals surface area contributed by atoms with Gasteiger partial charge in [0, 0.05) is 31.2 Å². The van der Waals surface area contributed by atoms with Gasteiger partial charge in [-0.1, -0.05) is 33.8 Å². The van der Waals surface area contributed by atoms with Crippen LogP contribution in [0.2, 0.25) is 0 Å². The number of aryl methyl sites for hydroxylation is 1. The fourth-order valence-corrected chi connectivity index (χ4v) is 4.62. The van der Waals surface area contributed by atoms with Crippen LogP contribution in [0.1, 0.15) is 57.0 Å². The molecule has 2 N–H and O–H groups in total. The van der Waals surface area contributed by atoms with Gasteiger partial charge >= 0.3 is 6.09 Å². The van der Waals surface area contributed by atoms with Gasteiger partial charge in [0.15, 0.2) is 0 Å². The minimum atomic E-state index is -3.66. The lowest BCUT2D eigenvalue weighted by Gasteiger charge is -2.21. The molecule has 170 valence electrons. The summed E-state index contributed by atoms with van der Waals surface area (Å²) in [6, 6.07) is 4.27. The van der Waals surface area contributed by atoms with E-state index in [2.05, 4.69) is 10.6 Å². The number of hydrogen-bond acceptors (Lipinski definition) is 5. The highest BCUT2D eigenvalue weighted by Crippen LogP contribution is 2.19. The SMILES string of the molecule is CCOC(=O)NC(CNC(=O)c1cc(S(=O)(=O)N(CC)CC)ccc1C)CC(C)C. The third-order valence-corrected chi connectivity index (χ3v) is 6.71. The maximum Gasteiger partial charge on any atom is 0.407 e. The largest absolute Gasteiger partial charge is 0.450 e. The lowest BCUT2D eigenvalue weighted by atomic mass is 10.0. The molecule has 30 heavy (non-hydrogen) atoms. The zero-order valence-electron chi connectivity index (χ0n) is 18.8. The van der Waals surface area contributed by atoms with E-state index in [0.29, 0.717) is 36.6 Å². The maximum absolute atomic E-state index is 12.8. The lowest BCUT2D eigenvalue weighted by molar-refractivity contribution is 0.0943. The van der Waals surface area contributed by atoms with Crippen molar-refractivity contribution in [2.45, 2.75) is 58.9 Å². The molecular weight excluding hydrogens is 406 g/mol. The average Bonchev–Trinajstić information content (AvgIpc) is 2.66. The Morgan fingerprint density at radius 2 is 1.77 bits per heavy atom. The Kier molecular flexibility index (Phi) is 10.3. The summed E-state index contributed by atoms with van der Waals surface area (Å²) in [6.45, 7) is 12.2. The van der Waals surface area contributed by atoms with Crippen molar-refractivity contribution in [3.05, 3.63) is 29.3 Å². The Balaban J connectivity index is 3.00. The molecule has 0 saturated carbocycles. The highest BCUT2D eigenvalue weighted by Gasteiger charge is 2.24. The summed E-state index contributed by atoms with van der Waals surface area (Å²) in [5, 5.41) is 5.57. The first kappa shape index (κ1) is 25.9. The molecular formula is C21H35N3O5S. The predicted octanol–water partition coefficient (Wildman–Crippen LogP) is 2.92. The van der Waals surface area contributed by atoms with E-state index >= 15 is 0 Å². The molecule has 0 heterocycles. The van der Waals surface area contributed by atoms with Crippen LogP contribution in [0.15, 0.2) is 23.1 Å². The van der Waals surface area contributed by atoms with Crippen molar-refractivity contribution >= 4 is 22.0 Å². The molecule has 0 aliphatic carbocycles. The van der Waals surface area contributed by atoms with Crippen LogP contribution in [-0.4, -0.2) is 57.0 Å².